The second-order valence-corrected chi connectivity index (χ2v) is 6.12. The summed E-state index contributed by atoms with van der Waals surface area (Å²) in [5.74, 6) is 1.48. The van der Waals surface area contributed by atoms with Gasteiger partial charge in [0.05, 0.1) is 7.11 Å². The summed E-state index contributed by atoms with van der Waals surface area (Å²) in [4.78, 5) is 0. The van der Waals surface area contributed by atoms with E-state index >= 15 is 0 Å². The maximum absolute atomic E-state index is 13.4. The lowest BCUT2D eigenvalue weighted by molar-refractivity contribution is 0.407. The normalized spacial score (nSPS) is 19.1. The fourth-order valence-electron chi connectivity index (χ4n) is 2.88. The smallest absolute Gasteiger partial charge is 0.123 e. The van der Waals surface area contributed by atoms with Gasteiger partial charge < -0.3 is 10.1 Å². The van der Waals surface area contributed by atoms with Gasteiger partial charge in [-0.05, 0) is 54.6 Å². The van der Waals surface area contributed by atoms with Crippen molar-refractivity contribution < 1.29 is 9.13 Å². The highest BCUT2D eigenvalue weighted by atomic mass is 35.5. The van der Waals surface area contributed by atoms with Gasteiger partial charge in [-0.2, -0.15) is 0 Å². The summed E-state index contributed by atoms with van der Waals surface area (Å²) in [5.41, 5.74) is 2.08. The van der Waals surface area contributed by atoms with Crippen molar-refractivity contribution in [1.29, 1.82) is 0 Å². The fraction of sp³-hybridized carbons (Fsp3) is 0.333. The highest BCUT2D eigenvalue weighted by Gasteiger charge is 2.39. The maximum atomic E-state index is 13.4. The first-order valence-corrected chi connectivity index (χ1v) is 7.84. The van der Waals surface area contributed by atoms with Crippen molar-refractivity contribution in [3.63, 3.8) is 0 Å². The first kappa shape index (κ1) is 18.1. The van der Waals surface area contributed by atoms with Crippen molar-refractivity contribution in [1.82, 2.24) is 5.32 Å². The van der Waals surface area contributed by atoms with E-state index in [1.165, 1.54) is 6.07 Å². The lowest BCUT2D eigenvalue weighted by Gasteiger charge is -2.09. The molecule has 1 N–H and O–H groups in total. The second-order valence-electron chi connectivity index (χ2n) is 5.71. The molecule has 23 heavy (non-hydrogen) atoms. The molecule has 0 bridgehead atoms. The minimum absolute atomic E-state index is 0. The molecule has 0 aromatic heterocycles. The molecule has 1 saturated carbocycles. The van der Waals surface area contributed by atoms with Crippen molar-refractivity contribution >= 4 is 24.0 Å². The van der Waals surface area contributed by atoms with Crippen LogP contribution in [0.4, 0.5) is 4.39 Å². The van der Waals surface area contributed by atoms with Gasteiger partial charge in [0.25, 0.3) is 0 Å². The summed E-state index contributed by atoms with van der Waals surface area (Å²) < 4.78 is 18.8. The minimum atomic E-state index is -0.203. The van der Waals surface area contributed by atoms with Crippen LogP contribution < -0.4 is 10.1 Å². The molecule has 5 heteroatoms. The number of rotatable bonds is 6. The van der Waals surface area contributed by atoms with Crippen LogP contribution in [0.5, 0.6) is 5.75 Å². The van der Waals surface area contributed by atoms with E-state index in [1.807, 2.05) is 24.3 Å². The van der Waals surface area contributed by atoms with Crippen molar-refractivity contribution in [2.45, 2.75) is 18.9 Å². The van der Waals surface area contributed by atoms with Gasteiger partial charge in [-0.15, -0.1) is 12.4 Å². The molecule has 3 rings (SSSR count). The van der Waals surface area contributed by atoms with E-state index in [1.54, 1.807) is 19.2 Å². The van der Waals surface area contributed by atoms with Crippen molar-refractivity contribution in [2.24, 2.45) is 5.92 Å². The fourth-order valence-corrected chi connectivity index (χ4v) is 3.09. The molecule has 1 fully saturated rings. The predicted molar refractivity (Wildman–Crippen MR) is 94.2 cm³/mol. The van der Waals surface area contributed by atoms with E-state index < -0.39 is 0 Å². The molecule has 0 heterocycles. The summed E-state index contributed by atoms with van der Waals surface area (Å²) >= 11 is 6.14. The summed E-state index contributed by atoms with van der Waals surface area (Å²) in [6, 6.07) is 12.6. The SMILES string of the molecule is COc1ccc(F)cc1[C@@H]1C[C@H]1CNCc1ccccc1Cl.Cl. The molecule has 2 atom stereocenters. The molecule has 2 aromatic rings. The zero-order chi connectivity index (χ0) is 15.5. The van der Waals surface area contributed by atoms with Crippen LogP contribution in [-0.2, 0) is 6.54 Å². The molecular formula is C18H20Cl2FNO. The number of nitrogens with one attached hydrogen (secondary N) is 1. The summed E-state index contributed by atoms with van der Waals surface area (Å²) in [7, 11) is 1.63. The third-order valence-corrected chi connectivity index (χ3v) is 4.56. The number of hydrogen-bond donors (Lipinski definition) is 1. The third-order valence-electron chi connectivity index (χ3n) is 4.19. The lowest BCUT2D eigenvalue weighted by atomic mass is 10.1. The molecule has 1 aliphatic carbocycles. The molecular weight excluding hydrogens is 336 g/mol. The Labute approximate surface area is 147 Å². The molecule has 0 unspecified atom stereocenters. The minimum Gasteiger partial charge on any atom is -0.496 e. The number of benzene rings is 2. The van der Waals surface area contributed by atoms with Crippen LogP contribution in [0.2, 0.25) is 5.02 Å². The lowest BCUT2D eigenvalue weighted by Crippen LogP contribution is -2.17. The standard InChI is InChI=1S/C18H19ClFNO.ClH/c1-22-18-7-6-14(20)9-16(18)15-8-13(15)11-21-10-12-4-2-3-5-17(12)19;/h2-7,9,13,15,21H,8,10-11H2,1H3;1H/t13-,15+;/m0./s1. The van der Waals surface area contributed by atoms with Gasteiger partial charge in [-0.1, -0.05) is 29.8 Å². The monoisotopic (exact) mass is 355 g/mol. The molecule has 2 aromatic carbocycles. The number of hydrogen-bond acceptors (Lipinski definition) is 2. The van der Waals surface area contributed by atoms with Crippen LogP contribution in [-0.4, -0.2) is 13.7 Å². The molecule has 0 aliphatic heterocycles. The van der Waals surface area contributed by atoms with Gasteiger partial charge in [0.1, 0.15) is 11.6 Å². The van der Waals surface area contributed by atoms with Crippen molar-refractivity contribution in [2.75, 3.05) is 13.7 Å². The Morgan fingerprint density at radius 2 is 2.04 bits per heavy atom. The Morgan fingerprint density at radius 3 is 2.78 bits per heavy atom. The van der Waals surface area contributed by atoms with Gasteiger partial charge in [0.15, 0.2) is 0 Å². The average molecular weight is 356 g/mol. The number of methoxy groups -OCH3 is 1. The van der Waals surface area contributed by atoms with Crippen molar-refractivity contribution in [3.05, 3.63) is 64.4 Å². The topological polar surface area (TPSA) is 21.3 Å². The third kappa shape index (κ3) is 4.37. The highest BCUT2D eigenvalue weighted by Crippen LogP contribution is 2.50. The second kappa shape index (κ2) is 8.00. The molecule has 0 amide bonds. The summed E-state index contributed by atoms with van der Waals surface area (Å²) in [5, 5.41) is 4.22. The molecule has 0 spiro atoms. The number of halogens is 3. The van der Waals surface area contributed by atoms with E-state index in [4.69, 9.17) is 16.3 Å². The van der Waals surface area contributed by atoms with E-state index in [9.17, 15) is 4.39 Å². The van der Waals surface area contributed by atoms with Gasteiger partial charge in [0.2, 0.25) is 0 Å². The molecule has 0 saturated heterocycles. The van der Waals surface area contributed by atoms with Crippen LogP contribution in [0, 0.1) is 11.7 Å². The number of ether oxygens (including phenoxy) is 1. The van der Waals surface area contributed by atoms with Gasteiger partial charge in [0, 0.05) is 17.1 Å². The molecule has 1 aliphatic rings. The van der Waals surface area contributed by atoms with Crippen LogP contribution in [0.3, 0.4) is 0 Å². The van der Waals surface area contributed by atoms with Crippen LogP contribution in [0.1, 0.15) is 23.5 Å². The zero-order valence-electron chi connectivity index (χ0n) is 12.9. The van der Waals surface area contributed by atoms with E-state index in [2.05, 4.69) is 5.32 Å². The summed E-state index contributed by atoms with van der Waals surface area (Å²) in [6.45, 7) is 1.65. The van der Waals surface area contributed by atoms with Gasteiger partial charge >= 0.3 is 0 Å². The Morgan fingerprint density at radius 1 is 1.26 bits per heavy atom. The quantitative estimate of drug-likeness (QED) is 0.803. The largest absolute Gasteiger partial charge is 0.496 e. The highest BCUT2D eigenvalue weighted by molar-refractivity contribution is 6.31. The first-order chi connectivity index (χ1) is 10.7. The Bertz CT molecular complexity index is 665. The molecule has 124 valence electrons. The zero-order valence-corrected chi connectivity index (χ0v) is 14.5. The Hall–Kier alpha value is -1.29. The van der Waals surface area contributed by atoms with Crippen molar-refractivity contribution in [3.8, 4) is 5.75 Å². The van der Waals surface area contributed by atoms with E-state index in [0.717, 1.165) is 41.4 Å². The van der Waals surface area contributed by atoms with Gasteiger partial charge in [-0.3, -0.25) is 0 Å². The average Bonchev–Trinajstić information content (AvgIpc) is 3.28. The summed E-state index contributed by atoms with van der Waals surface area (Å²) in [6.07, 6.45) is 1.06. The maximum Gasteiger partial charge on any atom is 0.123 e. The van der Waals surface area contributed by atoms with E-state index in [0.29, 0.717) is 11.8 Å². The molecule has 0 radical (unpaired) electrons. The van der Waals surface area contributed by atoms with Crippen LogP contribution in [0.15, 0.2) is 42.5 Å². The predicted octanol–water partition coefficient (Wildman–Crippen LogP) is 4.80. The molecule has 2 nitrogen and oxygen atoms in total. The first-order valence-electron chi connectivity index (χ1n) is 7.46. The Kier molecular flexibility index (Phi) is 6.28. The Balaban J connectivity index is 0.00000192. The van der Waals surface area contributed by atoms with Crippen LogP contribution in [0.25, 0.3) is 0 Å². The van der Waals surface area contributed by atoms with Crippen LogP contribution >= 0.6 is 24.0 Å². The van der Waals surface area contributed by atoms with E-state index in [-0.39, 0.29) is 18.2 Å². The van der Waals surface area contributed by atoms with Gasteiger partial charge in [-0.25, -0.2) is 4.39 Å².